The summed E-state index contributed by atoms with van der Waals surface area (Å²) in [4.78, 5) is 25.0. The summed E-state index contributed by atoms with van der Waals surface area (Å²) in [6.07, 6.45) is 2.95. The van der Waals surface area contributed by atoms with Crippen LogP contribution < -0.4 is 10.6 Å². The van der Waals surface area contributed by atoms with Crippen LogP contribution >= 0.6 is 27.3 Å². The van der Waals surface area contributed by atoms with Crippen molar-refractivity contribution in [1.29, 1.82) is 0 Å². The van der Waals surface area contributed by atoms with E-state index < -0.39 is 6.04 Å². The van der Waals surface area contributed by atoms with Gasteiger partial charge < -0.3 is 15.4 Å². The van der Waals surface area contributed by atoms with Gasteiger partial charge in [0.15, 0.2) is 0 Å². The average Bonchev–Trinajstić information content (AvgIpc) is 2.89. The van der Waals surface area contributed by atoms with Gasteiger partial charge in [-0.3, -0.25) is 0 Å². The fraction of sp³-hybridized carbons (Fsp3) is 0.467. The van der Waals surface area contributed by atoms with Gasteiger partial charge in [0, 0.05) is 10.6 Å². The number of halogens is 1. The summed E-state index contributed by atoms with van der Waals surface area (Å²) in [6, 6.07) is 3.01. The minimum absolute atomic E-state index is 0.311. The molecule has 1 aliphatic rings. The Morgan fingerprint density at radius 2 is 2.18 bits per heavy atom. The van der Waals surface area contributed by atoms with E-state index in [-0.39, 0.29) is 12.0 Å². The van der Waals surface area contributed by atoms with E-state index >= 15 is 0 Å². The first-order valence-electron chi connectivity index (χ1n) is 7.23. The summed E-state index contributed by atoms with van der Waals surface area (Å²) < 4.78 is 6.30. The molecule has 0 aliphatic carbocycles. The van der Waals surface area contributed by atoms with Crippen LogP contribution in [0.25, 0.3) is 0 Å². The molecule has 0 unspecified atom stereocenters. The fourth-order valence-electron chi connectivity index (χ4n) is 2.26. The smallest absolute Gasteiger partial charge is 0.338 e. The highest BCUT2D eigenvalue weighted by atomic mass is 79.9. The molecule has 0 saturated carbocycles. The molecule has 1 atom stereocenters. The Kier molecular flexibility index (Phi) is 6.02. The molecule has 0 bridgehead atoms. The molecule has 2 amide bonds. The van der Waals surface area contributed by atoms with Crippen LogP contribution in [0.2, 0.25) is 0 Å². The molecule has 5 nitrogen and oxygen atoms in total. The number of carbonyl (C=O) groups is 2. The topological polar surface area (TPSA) is 67.4 Å². The Balaban J connectivity index is 2.17. The molecule has 2 heterocycles. The molecule has 1 aliphatic heterocycles. The van der Waals surface area contributed by atoms with E-state index in [9.17, 15) is 9.59 Å². The Hall–Kier alpha value is -1.34. The first-order valence-corrected chi connectivity index (χ1v) is 8.84. The highest BCUT2D eigenvalue weighted by Crippen LogP contribution is 2.34. The first kappa shape index (κ1) is 17.0. The maximum atomic E-state index is 12.4. The Morgan fingerprint density at radius 1 is 1.41 bits per heavy atom. The van der Waals surface area contributed by atoms with Gasteiger partial charge in [0.2, 0.25) is 0 Å². The number of ether oxygens (including phenoxy) is 1. The summed E-state index contributed by atoms with van der Waals surface area (Å²) in [5.41, 5.74) is 1.00. The Labute approximate surface area is 142 Å². The number of allylic oxidation sites excluding steroid dienone is 1. The predicted octanol–water partition coefficient (Wildman–Crippen LogP) is 3.87. The van der Waals surface area contributed by atoms with Gasteiger partial charge in [-0.05, 0) is 41.4 Å². The number of hydrogen-bond donors (Lipinski definition) is 2. The SMILES string of the molecule is CCCCCOC(=O)C1=C(C)NC(=O)N[C@H]1c1ccc(Br)s1. The zero-order chi connectivity index (χ0) is 16.1. The molecule has 22 heavy (non-hydrogen) atoms. The van der Waals surface area contributed by atoms with Gasteiger partial charge in [0.1, 0.15) is 0 Å². The van der Waals surface area contributed by atoms with E-state index in [1.807, 2.05) is 12.1 Å². The molecule has 1 aromatic rings. The number of rotatable bonds is 6. The third-order valence-corrected chi connectivity index (χ3v) is 5.04. The van der Waals surface area contributed by atoms with E-state index in [0.29, 0.717) is 17.9 Å². The molecular weight excluding hydrogens is 368 g/mol. The van der Waals surface area contributed by atoms with Gasteiger partial charge in [0.25, 0.3) is 0 Å². The van der Waals surface area contributed by atoms with Crippen LogP contribution in [0.3, 0.4) is 0 Å². The van der Waals surface area contributed by atoms with Crippen LogP contribution in [-0.4, -0.2) is 18.6 Å². The third kappa shape index (κ3) is 4.10. The van der Waals surface area contributed by atoms with E-state index in [1.54, 1.807) is 6.92 Å². The lowest BCUT2D eigenvalue weighted by Crippen LogP contribution is -2.45. The van der Waals surface area contributed by atoms with Gasteiger partial charge >= 0.3 is 12.0 Å². The van der Waals surface area contributed by atoms with Crippen molar-refractivity contribution >= 4 is 39.3 Å². The number of thiophene rings is 1. The van der Waals surface area contributed by atoms with Gasteiger partial charge in [-0.1, -0.05) is 19.8 Å². The quantitative estimate of drug-likeness (QED) is 0.575. The van der Waals surface area contributed by atoms with Crippen molar-refractivity contribution in [3.05, 3.63) is 32.1 Å². The summed E-state index contributed by atoms with van der Waals surface area (Å²) in [5.74, 6) is -0.379. The first-order chi connectivity index (χ1) is 10.5. The van der Waals surface area contributed by atoms with E-state index in [2.05, 4.69) is 33.5 Å². The van der Waals surface area contributed by atoms with Gasteiger partial charge in [-0.25, -0.2) is 9.59 Å². The number of urea groups is 1. The minimum Gasteiger partial charge on any atom is -0.462 e. The zero-order valence-electron chi connectivity index (χ0n) is 12.6. The summed E-state index contributed by atoms with van der Waals surface area (Å²) in [7, 11) is 0. The average molecular weight is 387 g/mol. The molecule has 0 radical (unpaired) electrons. The maximum Gasteiger partial charge on any atom is 0.338 e. The van der Waals surface area contributed by atoms with Crippen molar-refractivity contribution in [2.75, 3.05) is 6.61 Å². The predicted molar refractivity (Wildman–Crippen MR) is 89.6 cm³/mol. The second-order valence-corrected chi connectivity index (χ2v) is 7.55. The van der Waals surface area contributed by atoms with Crippen LogP contribution in [-0.2, 0) is 9.53 Å². The van der Waals surface area contributed by atoms with Gasteiger partial charge in [-0.15, -0.1) is 11.3 Å². The van der Waals surface area contributed by atoms with E-state index in [1.165, 1.54) is 11.3 Å². The third-order valence-electron chi connectivity index (χ3n) is 3.35. The number of unbranched alkanes of at least 4 members (excludes halogenated alkanes) is 2. The molecule has 0 spiro atoms. The second-order valence-electron chi connectivity index (χ2n) is 5.06. The molecule has 120 valence electrons. The molecule has 2 rings (SSSR count). The Bertz CT molecular complexity index is 597. The number of hydrogen-bond acceptors (Lipinski definition) is 4. The van der Waals surface area contributed by atoms with Crippen LogP contribution in [0, 0.1) is 0 Å². The number of esters is 1. The van der Waals surface area contributed by atoms with Crippen molar-refractivity contribution in [2.45, 2.75) is 39.2 Å². The Morgan fingerprint density at radius 3 is 2.82 bits per heavy atom. The lowest BCUT2D eigenvalue weighted by atomic mass is 10.0. The van der Waals surface area contributed by atoms with E-state index in [4.69, 9.17) is 4.74 Å². The fourth-order valence-corrected chi connectivity index (χ4v) is 3.74. The van der Waals surface area contributed by atoms with Crippen LogP contribution in [0.15, 0.2) is 27.2 Å². The molecule has 0 saturated heterocycles. The van der Waals surface area contributed by atoms with Crippen LogP contribution in [0.5, 0.6) is 0 Å². The summed E-state index contributed by atoms with van der Waals surface area (Å²) in [5, 5.41) is 5.43. The second kappa shape index (κ2) is 7.78. The molecular formula is C15H19BrN2O3S. The lowest BCUT2D eigenvalue weighted by Gasteiger charge is -2.27. The number of nitrogens with one attached hydrogen (secondary N) is 2. The standard InChI is InChI=1S/C15H19BrN2O3S/c1-3-4-5-8-21-14(19)12-9(2)17-15(20)18-13(12)10-6-7-11(16)22-10/h6-7,13H,3-5,8H2,1-2H3,(H2,17,18,20)/t13-/m0/s1. The van der Waals surface area contributed by atoms with Crippen molar-refractivity contribution < 1.29 is 14.3 Å². The summed E-state index contributed by atoms with van der Waals surface area (Å²) >= 11 is 4.89. The molecule has 7 heteroatoms. The highest BCUT2D eigenvalue weighted by Gasteiger charge is 2.32. The largest absolute Gasteiger partial charge is 0.462 e. The summed E-state index contributed by atoms with van der Waals surface area (Å²) in [6.45, 7) is 4.22. The van der Waals surface area contributed by atoms with Gasteiger partial charge in [-0.2, -0.15) is 0 Å². The molecule has 2 N–H and O–H groups in total. The monoisotopic (exact) mass is 386 g/mol. The van der Waals surface area contributed by atoms with E-state index in [0.717, 1.165) is 27.9 Å². The maximum absolute atomic E-state index is 12.4. The highest BCUT2D eigenvalue weighted by molar-refractivity contribution is 9.11. The normalized spacial score (nSPS) is 18.0. The lowest BCUT2D eigenvalue weighted by molar-refractivity contribution is -0.139. The molecule has 0 fully saturated rings. The molecule has 1 aromatic heterocycles. The van der Waals surface area contributed by atoms with Gasteiger partial charge in [0.05, 0.1) is 22.0 Å². The van der Waals surface area contributed by atoms with Crippen molar-refractivity contribution in [3.63, 3.8) is 0 Å². The zero-order valence-corrected chi connectivity index (χ0v) is 15.0. The van der Waals surface area contributed by atoms with Crippen LogP contribution in [0.1, 0.15) is 44.0 Å². The van der Waals surface area contributed by atoms with Crippen LogP contribution in [0.4, 0.5) is 4.79 Å². The minimum atomic E-state index is -0.469. The van der Waals surface area contributed by atoms with Crippen molar-refractivity contribution in [2.24, 2.45) is 0 Å². The number of carbonyl (C=O) groups excluding carboxylic acids is 2. The van der Waals surface area contributed by atoms with Crippen molar-refractivity contribution in [3.8, 4) is 0 Å². The van der Waals surface area contributed by atoms with Crippen molar-refractivity contribution in [1.82, 2.24) is 10.6 Å². The number of amides is 2. The molecule has 0 aromatic carbocycles.